The summed E-state index contributed by atoms with van der Waals surface area (Å²) < 4.78 is 44.0. The van der Waals surface area contributed by atoms with Crippen molar-refractivity contribution in [1.82, 2.24) is 10.2 Å². The Labute approximate surface area is 172 Å². The third-order valence-electron chi connectivity index (χ3n) is 5.27. The van der Waals surface area contributed by atoms with Gasteiger partial charge in [0.1, 0.15) is 6.10 Å². The Hall–Kier alpha value is -3.06. The third-order valence-corrected chi connectivity index (χ3v) is 5.27. The topological polar surface area (TPSA) is 41.6 Å². The lowest BCUT2D eigenvalue weighted by Gasteiger charge is -2.33. The standard InChI is InChI=1S/C23H21F3N2O2/c24-23(25,26)19-10-8-17(9-11-19)21-15-28(12-13-30-21)22(29)27-14-18-6-3-5-16-4-1-2-7-20(16)18/h1-11,21H,12-15H2,(H,27,29). The molecule has 1 aliphatic rings. The number of urea groups is 1. The second-order valence-corrected chi connectivity index (χ2v) is 7.22. The maximum Gasteiger partial charge on any atom is 0.416 e. The zero-order valence-corrected chi connectivity index (χ0v) is 16.2. The van der Waals surface area contributed by atoms with Crippen molar-refractivity contribution in [2.45, 2.75) is 18.8 Å². The van der Waals surface area contributed by atoms with Crippen LogP contribution in [0.5, 0.6) is 0 Å². The van der Waals surface area contributed by atoms with Crippen molar-refractivity contribution in [3.8, 4) is 0 Å². The number of fused-ring (bicyclic) bond motifs is 1. The second-order valence-electron chi connectivity index (χ2n) is 7.22. The van der Waals surface area contributed by atoms with Gasteiger partial charge in [-0.15, -0.1) is 0 Å². The van der Waals surface area contributed by atoms with Crippen LogP contribution >= 0.6 is 0 Å². The first-order valence-corrected chi connectivity index (χ1v) is 9.70. The van der Waals surface area contributed by atoms with Crippen LogP contribution in [0.15, 0.2) is 66.7 Å². The molecule has 0 aromatic heterocycles. The molecule has 30 heavy (non-hydrogen) atoms. The molecule has 0 aliphatic carbocycles. The molecule has 1 N–H and O–H groups in total. The number of hydrogen-bond donors (Lipinski definition) is 1. The predicted octanol–water partition coefficient (Wildman–Crippen LogP) is 5.14. The van der Waals surface area contributed by atoms with Crippen molar-refractivity contribution < 1.29 is 22.7 Å². The summed E-state index contributed by atoms with van der Waals surface area (Å²) in [6.45, 7) is 1.43. The molecule has 0 saturated carbocycles. The first-order valence-electron chi connectivity index (χ1n) is 9.70. The van der Waals surface area contributed by atoms with E-state index in [-0.39, 0.29) is 12.6 Å². The van der Waals surface area contributed by atoms with Crippen LogP contribution in [0.3, 0.4) is 0 Å². The van der Waals surface area contributed by atoms with Crippen molar-refractivity contribution in [3.63, 3.8) is 0 Å². The van der Waals surface area contributed by atoms with E-state index < -0.39 is 17.8 Å². The van der Waals surface area contributed by atoms with Crippen LogP contribution in [-0.2, 0) is 17.5 Å². The molecule has 156 valence electrons. The maximum absolute atomic E-state index is 12.8. The first-order chi connectivity index (χ1) is 14.4. The van der Waals surface area contributed by atoms with E-state index in [2.05, 4.69) is 5.32 Å². The smallest absolute Gasteiger partial charge is 0.370 e. The van der Waals surface area contributed by atoms with Gasteiger partial charge in [-0.25, -0.2) is 4.79 Å². The molecular weight excluding hydrogens is 393 g/mol. The largest absolute Gasteiger partial charge is 0.416 e. The molecule has 0 radical (unpaired) electrons. The van der Waals surface area contributed by atoms with Crippen LogP contribution in [-0.4, -0.2) is 30.6 Å². The van der Waals surface area contributed by atoms with Gasteiger partial charge in [-0.3, -0.25) is 0 Å². The minimum absolute atomic E-state index is 0.219. The number of benzene rings is 3. The SMILES string of the molecule is O=C(NCc1cccc2ccccc12)N1CCOC(c2ccc(C(F)(F)F)cc2)C1. The fourth-order valence-corrected chi connectivity index (χ4v) is 3.65. The Balaban J connectivity index is 1.40. The summed E-state index contributed by atoms with van der Waals surface area (Å²) in [6, 6.07) is 18.6. The molecule has 7 heteroatoms. The zero-order valence-electron chi connectivity index (χ0n) is 16.2. The molecular formula is C23H21F3N2O2. The fourth-order valence-electron chi connectivity index (χ4n) is 3.65. The number of morpholine rings is 1. The summed E-state index contributed by atoms with van der Waals surface area (Å²) in [7, 11) is 0. The van der Waals surface area contributed by atoms with Gasteiger partial charge in [0.25, 0.3) is 0 Å². The highest BCUT2D eigenvalue weighted by Gasteiger charge is 2.31. The Morgan fingerprint density at radius 3 is 2.53 bits per heavy atom. The van der Waals surface area contributed by atoms with E-state index in [1.54, 1.807) is 4.90 Å². The van der Waals surface area contributed by atoms with E-state index >= 15 is 0 Å². The lowest BCUT2D eigenvalue weighted by Crippen LogP contribution is -2.47. The number of carbonyl (C=O) groups is 1. The van der Waals surface area contributed by atoms with E-state index in [0.29, 0.717) is 25.3 Å². The van der Waals surface area contributed by atoms with Crippen molar-refractivity contribution in [3.05, 3.63) is 83.4 Å². The summed E-state index contributed by atoms with van der Waals surface area (Å²) >= 11 is 0. The molecule has 3 aromatic rings. The molecule has 0 spiro atoms. The van der Waals surface area contributed by atoms with Gasteiger partial charge in [-0.2, -0.15) is 13.2 Å². The van der Waals surface area contributed by atoms with E-state index in [1.165, 1.54) is 12.1 Å². The van der Waals surface area contributed by atoms with Crippen LogP contribution in [0.2, 0.25) is 0 Å². The highest BCUT2D eigenvalue weighted by molar-refractivity contribution is 5.86. The fraction of sp³-hybridized carbons (Fsp3) is 0.261. The molecule has 3 aromatic carbocycles. The van der Waals surface area contributed by atoms with Crippen molar-refractivity contribution in [2.24, 2.45) is 0 Å². The molecule has 2 amide bonds. The van der Waals surface area contributed by atoms with Crippen LogP contribution in [0.4, 0.5) is 18.0 Å². The Kier molecular flexibility index (Phi) is 5.63. The lowest BCUT2D eigenvalue weighted by atomic mass is 10.0. The molecule has 1 unspecified atom stereocenters. The molecule has 1 heterocycles. The number of halogens is 3. The van der Waals surface area contributed by atoms with Crippen LogP contribution in [0, 0.1) is 0 Å². The van der Waals surface area contributed by atoms with Crippen LogP contribution < -0.4 is 5.32 Å². The summed E-state index contributed by atoms with van der Waals surface area (Å²) in [5, 5.41) is 5.14. The summed E-state index contributed by atoms with van der Waals surface area (Å²) in [4.78, 5) is 14.3. The highest BCUT2D eigenvalue weighted by Crippen LogP contribution is 2.31. The number of nitrogens with zero attached hydrogens (tertiary/aromatic N) is 1. The summed E-state index contributed by atoms with van der Waals surface area (Å²) in [6.07, 6.45) is -4.83. The number of alkyl halides is 3. The van der Waals surface area contributed by atoms with Gasteiger partial charge in [-0.1, -0.05) is 54.6 Å². The number of amides is 2. The molecule has 0 bridgehead atoms. The Morgan fingerprint density at radius 1 is 1.03 bits per heavy atom. The summed E-state index contributed by atoms with van der Waals surface area (Å²) in [5.74, 6) is 0. The number of nitrogens with one attached hydrogen (secondary N) is 1. The normalized spacial score (nSPS) is 17.2. The quantitative estimate of drug-likeness (QED) is 0.645. The molecule has 4 rings (SSSR count). The second kappa shape index (κ2) is 8.36. The Morgan fingerprint density at radius 2 is 1.77 bits per heavy atom. The molecule has 1 atom stereocenters. The van der Waals surface area contributed by atoms with Crippen molar-refractivity contribution >= 4 is 16.8 Å². The van der Waals surface area contributed by atoms with Gasteiger partial charge in [0.2, 0.25) is 0 Å². The van der Waals surface area contributed by atoms with Crippen molar-refractivity contribution in [1.29, 1.82) is 0 Å². The van der Waals surface area contributed by atoms with Crippen LogP contribution in [0.25, 0.3) is 10.8 Å². The Bertz CT molecular complexity index is 1030. The first kappa shape index (κ1) is 20.2. The van der Waals surface area contributed by atoms with Gasteiger partial charge in [0, 0.05) is 13.1 Å². The number of rotatable bonds is 3. The molecule has 1 fully saturated rings. The highest BCUT2D eigenvalue weighted by atomic mass is 19.4. The molecule has 4 nitrogen and oxygen atoms in total. The average molecular weight is 414 g/mol. The van der Waals surface area contributed by atoms with E-state index in [1.807, 2.05) is 42.5 Å². The van der Waals surface area contributed by atoms with Crippen LogP contribution in [0.1, 0.15) is 22.8 Å². The van der Waals surface area contributed by atoms with E-state index in [9.17, 15) is 18.0 Å². The number of carbonyl (C=O) groups excluding carboxylic acids is 1. The van der Waals surface area contributed by atoms with Gasteiger partial charge >= 0.3 is 12.2 Å². The van der Waals surface area contributed by atoms with Gasteiger partial charge in [-0.05, 0) is 34.0 Å². The summed E-state index contributed by atoms with van der Waals surface area (Å²) in [5.41, 5.74) is 0.940. The number of hydrogen-bond acceptors (Lipinski definition) is 2. The third kappa shape index (κ3) is 4.41. The zero-order chi connectivity index (χ0) is 21.1. The minimum Gasteiger partial charge on any atom is -0.370 e. The average Bonchev–Trinajstić information content (AvgIpc) is 2.77. The van der Waals surface area contributed by atoms with Gasteiger partial charge < -0.3 is 15.0 Å². The maximum atomic E-state index is 12.8. The number of ether oxygens (including phenoxy) is 1. The predicted molar refractivity (Wildman–Crippen MR) is 108 cm³/mol. The molecule has 1 saturated heterocycles. The van der Waals surface area contributed by atoms with E-state index in [0.717, 1.165) is 28.5 Å². The molecule has 1 aliphatic heterocycles. The van der Waals surface area contributed by atoms with Gasteiger partial charge in [0.15, 0.2) is 0 Å². The monoisotopic (exact) mass is 414 g/mol. The van der Waals surface area contributed by atoms with Gasteiger partial charge in [0.05, 0.1) is 18.7 Å². The lowest BCUT2D eigenvalue weighted by molar-refractivity contribution is -0.137. The van der Waals surface area contributed by atoms with E-state index in [4.69, 9.17) is 4.74 Å². The van der Waals surface area contributed by atoms with Crippen molar-refractivity contribution in [2.75, 3.05) is 19.7 Å². The minimum atomic E-state index is -4.38.